The molecule has 120 valence electrons. The van der Waals surface area contributed by atoms with Crippen molar-refractivity contribution in [3.05, 3.63) is 70.7 Å². The van der Waals surface area contributed by atoms with E-state index in [-0.39, 0.29) is 5.69 Å². The number of nitro benzene ring substituents is 1. The Morgan fingerprint density at radius 3 is 2.42 bits per heavy atom. The van der Waals surface area contributed by atoms with Gasteiger partial charge in [0.2, 0.25) is 0 Å². The molecule has 0 unspecified atom stereocenters. The van der Waals surface area contributed by atoms with E-state index in [4.69, 9.17) is 0 Å². The largest absolute Gasteiger partial charge is 0.269 e. The summed E-state index contributed by atoms with van der Waals surface area (Å²) in [5.74, 6) is 0.570. The van der Waals surface area contributed by atoms with Gasteiger partial charge in [0.15, 0.2) is 5.82 Å². The molecular weight excluding hydrogens is 324 g/mol. The van der Waals surface area contributed by atoms with Crippen LogP contribution in [-0.2, 0) is 6.42 Å². The average Bonchev–Trinajstić information content (AvgIpc) is 2.62. The Kier molecular flexibility index (Phi) is 4.81. The lowest BCUT2D eigenvalue weighted by Gasteiger charge is -2.07. The van der Waals surface area contributed by atoms with Crippen molar-refractivity contribution >= 4 is 17.4 Å². The van der Waals surface area contributed by atoms with Crippen LogP contribution in [0.4, 0.5) is 5.69 Å². The molecule has 0 atom stereocenters. The van der Waals surface area contributed by atoms with Crippen LogP contribution in [0.15, 0.2) is 64.8 Å². The van der Waals surface area contributed by atoms with Gasteiger partial charge in [-0.25, -0.2) is 9.97 Å². The molecule has 6 nitrogen and oxygen atoms in total. The summed E-state index contributed by atoms with van der Waals surface area (Å²) >= 11 is 1.53. The first-order valence-corrected chi connectivity index (χ1v) is 8.18. The highest BCUT2D eigenvalue weighted by Crippen LogP contribution is 2.28. The number of pyridine rings is 1. The number of benzene rings is 1. The fourth-order valence-electron chi connectivity index (χ4n) is 2.09. The van der Waals surface area contributed by atoms with E-state index in [0.29, 0.717) is 5.82 Å². The second-order valence-electron chi connectivity index (χ2n) is 4.96. The summed E-state index contributed by atoms with van der Waals surface area (Å²) in [4.78, 5) is 24.5. The minimum Gasteiger partial charge on any atom is -0.265 e. The highest BCUT2D eigenvalue weighted by molar-refractivity contribution is 7.99. The van der Waals surface area contributed by atoms with Gasteiger partial charge in [0.1, 0.15) is 5.03 Å². The van der Waals surface area contributed by atoms with Gasteiger partial charge in [-0.3, -0.25) is 15.1 Å². The lowest BCUT2D eigenvalue weighted by Crippen LogP contribution is -1.97. The molecule has 0 fully saturated rings. The average molecular weight is 338 g/mol. The first kappa shape index (κ1) is 16.1. The molecule has 0 aliphatic carbocycles. The van der Waals surface area contributed by atoms with Crippen LogP contribution in [0.25, 0.3) is 11.4 Å². The first-order chi connectivity index (χ1) is 11.7. The van der Waals surface area contributed by atoms with E-state index in [2.05, 4.69) is 15.0 Å². The monoisotopic (exact) mass is 338 g/mol. The van der Waals surface area contributed by atoms with Crippen molar-refractivity contribution in [2.45, 2.75) is 23.3 Å². The molecule has 0 N–H and O–H groups in total. The third-order valence-corrected chi connectivity index (χ3v) is 4.25. The number of aryl methyl sites for hydroxylation is 1. The number of rotatable bonds is 5. The Hall–Kier alpha value is -2.80. The highest BCUT2D eigenvalue weighted by atomic mass is 32.2. The van der Waals surface area contributed by atoms with Gasteiger partial charge < -0.3 is 0 Å². The van der Waals surface area contributed by atoms with Crippen molar-refractivity contribution < 1.29 is 4.92 Å². The summed E-state index contributed by atoms with van der Waals surface area (Å²) in [5, 5.41) is 11.6. The van der Waals surface area contributed by atoms with E-state index in [0.717, 1.165) is 27.6 Å². The lowest BCUT2D eigenvalue weighted by molar-refractivity contribution is -0.384. The smallest absolute Gasteiger partial charge is 0.265 e. The third-order valence-electron chi connectivity index (χ3n) is 3.33. The molecule has 0 amide bonds. The summed E-state index contributed by atoms with van der Waals surface area (Å²) in [7, 11) is 0. The van der Waals surface area contributed by atoms with Crippen LogP contribution < -0.4 is 0 Å². The maximum Gasteiger partial charge on any atom is 0.269 e. The second kappa shape index (κ2) is 7.18. The number of hydrogen-bond donors (Lipinski definition) is 0. The summed E-state index contributed by atoms with van der Waals surface area (Å²) < 4.78 is 0. The van der Waals surface area contributed by atoms with Crippen LogP contribution in [-0.4, -0.2) is 19.9 Å². The Labute approximate surface area is 143 Å². The van der Waals surface area contributed by atoms with Crippen LogP contribution in [0.1, 0.15) is 12.6 Å². The quantitative estimate of drug-likeness (QED) is 0.395. The number of aromatic nitrogens is 3. The SMILES string of the molecule is CCc1cc(Sc2ccncc2)nc(-c2ccc([N+](=O)[O-])cc2)n1. The number of hydrogen-bond acceptors (Lipinski definition) is 6. The molecule has 3 aromatic rings. The minimum atomic E-state index is -0.419. The van der Waals surface area contributed by atoms with Gasteiger partial charge in [-0.15, -0.1) is 0 Å². The molecule has 2 heterocycles. The Morgan fingerprint density at radius 2 is 1.79 bits per heavy atom. The topological polar surface area (TPSA) is 81.8 Å². The maximum atomic E-state index is 10.8. The summed E-state index contributed by atoms with van der Waals surface area (Å²) in [6, 6.07) is 12.1. The fraction of sp³-hybridized carbons (Fsp3) is 0.118. The molecule has 7 heteroatoms. The maximum absolute atomic E-state index is 10.8. The zero-order valence-electron chi connectivity index (χ0n) is 12.9. The van der Waals surface area contributed by atoms with Crippen molar-refractivity contribution in [3.8, 4) is 11.4 Å². The molecular formula is C17H14N4O2S. The molecule has 2 aromatic heterocycles. The normalized spacial score (nSPS) is 10.5. The molecule has 3 rings (SSSR count). The fourth-order valence-corrected chi connectivity index (χ4v) is 2.92. The zero-order valence-corrected chi connectivity index (χ0v) is 13.7. The number of nitrogens with zero attached hydrogens (tertiary/aromatic N) is 4. The van der Waals surface area contributed by atoms with Crippen molar-refractivity contribution in [3.63, 3.8) is 0 Å². The van der Waals surface area contributed by atoms with Crippen molar-refractivity contribution in [2.24, 2.45) is 0 Å². The van der Waals surface area contributed by atoms with Crippen LogP contribution in [0.2, 0.25) is 0 Å². The second-order valence-corrected chi connectivity index (χ2v) is 6.06. The summed E-state index contributed by atoms with van der Waals surface area (Å²) in [6.45, 7) is 2.03. The van der Waals surface area contributed by atoms with Crippen LogP contribution in [0.3, 0.4) is 0 Å². The number of non-ortho nitro benzene ring substituents is 1. The van der Waals surface area contributed by atoms with Crippen LogP contribution in [0, 0.1) is 10.1 Å². The Morgan fingerprint density at radius 1 is 1.08 bits per heavy atom. The molecule has 0 aliphatic rings. The molecule has 0 aliphatic heterocycles. The van der Waals surface area contributed by atoms with E-state index in [1.807, 2.05) is 25.1 Å². The standard InChI is InChI=1S/C17H14N4O2S/c1-2-13-11-16(24-15-7-9-18-10-8-15)20-17(19-13)12-3-5-14(6-4-12)21(22)23/h3-11H,2H2,1H3. The van der Waals surface area contributed by atoms with Crippen molar-refractivity contribution in [2.75, 3.05) is 0 Å². The van der Waals surface area contributed by atoms with Gasteiger partial charge in [-0.2, -0.15) is 0 Å². The highest BCUT2D eigenvalue weighted by Gasteiger charge is 2.10. The van der Waals surface area contributed by atoms with Gasteiger partial charge in [0.05, 0.1) is 4.92 Å². The molecule has 0 bridgehead atoms. The third kappa shape index (κ3) is 3.75. The van der Waals surface area contributed by atoms with E-state index in [9.17, 15) is 10.1 Å². The van der Waals surface area contributed by atoms with Crippen molar-refractivity contribution in [1.82, 2.24) is 15.0 Å². The number of nitro groups is 1. The Bertz CT molecular complexity index is 854. The van der Waals surface area contributed by atoms with Gasteiger partial charge in [-0.1, -0.05) is 18.7 Å². The van der Waals surface area contributed by atoms with Gasteiger partial charge in [-0.05, 0) is 36.8 Å². The molecule has 0 spiro atoms. The van der Waals surface area contributed by atoms with Crippen LogP contribution in [0.5, 0.6) is 0 Å². The van der Waals surface area contributed by atoms with E-state index >= 15 is 0 Å². The molecule has 0 saturated heterocycles. The van der Waals surface area contributed by atoms with Gasteiger partial charge >= 0.3 is 0 Å². The zero-order chi connectivity index (χ0) is 16.9. The summed E-state index contributed by atoms with van der Waals surface area (Å²) in [5.41, 5.74) is 1.74. The Balaban J connectivity index is 1.95. The molecule has 0 radical (unpaired) electrons. The predicted octanol–water partition coefficient (Wildman–Crippen LogP) is 4.16. The van der Waals surface area contributed by atoms with E-state index in [1.54, 1.807) is 24.5 Å². The van der Waals surface area contributed by atoms with Crippen molar-refractivity contribution in [1.29, 1.82) is 0 Å². The molecule has 24 heavy (non-hydrogen) atoms. The molecule has 1 aromatic carbocycles. The first-order valence-electron chi connectivity index (χ1n) is 7.36. The van der Waals surface area contributed by atoms with E-state index in [1.165, 1.54) is 23.9 Å². The van der Waals surface area contributed by atoms with E-state index < -0.39 is 4.92 Å². The van der Waals surface area contributed by atoms with Gasteiger partial charge in [0, 0.05) is 40.7 Å². The molecule has 0 saturated carbocycles. The lowest BCUT2D eigenvalue weighted by atomic mass is 10.2. The predicted molar refractivity (Wildman–Crippen MR) is 91.9 cm³/mol. The van der Waals surface area contributed by atoms with Gasteiger partial charge in [0.25, 0.3) is 5.69 Å². The minimum absolute atomic E-state index is 0.0526. The summed E-state index contributed by atoms with van der Waals surface area (Å²) in [6.07, 6.45) is 4.26. The van der Waals surface area contributed by atoms with Crippen LogP contribution >= 0.6 is 11.8 Å².